The highest BCUT2D eigenvalue weighted by Crippen LogP contribution is 2.19. The Morgan fingerprint density at radius 3 is 2.11 bits per heavy atom. The molecule has 2 heterocycles. The van der Waals surface area contributed by atoms with Gasteiger partial charge < -0.3 is 4.90 Å². The molecule has 0 radical (unpaired) electrons. The lowest BCUT2D eigenvalue weighted by Gasteiger charge is -2.25. The summed E-state index contributed by atoms with van der Waals surface area (Å²) in [6, 6.07) is 1.96. The van der Waals surface area contributed by atoms with E-state index < -0.39 is 5.56 Å². The normalized spacial score (nSPS) is 15.9. The number of aromatic nitrogens is 2. The minimum atomic E-state index is -0.509. The van der Waals surface area contributed by atoms with Gasteiger partial charge in [-0.25, -0.2) is 4.79 Å². The van der Waals surface area contributed by atoms with Gasteiger partial charge in [0.2, 0.25) is 0 Å². The standard InChI is InChI=1S/C13H18N4O2/c1-15-11(17-7-5-3-4-6-8-17)10(9-14)12(18)16(2)13(15)19/h3-8H2,1-2H3. The summed E-state index contributed by atoms with van der Waals surface area (Å²) in [5, 5.41) is 9.23. The predicted octanol–water partition coefficient (Wildman–Crippen LogP) is 0.336. The summed E-state index contributed by atoms with van der Waals surface area (Å²) < 4.78 is 2.39. The molecule has 1 saturated heterocycles. The van der Waals surface area contributed by atoms with Crippen molar-refractivity contribution >= 4 is 5.82 Å². The third-order valence-corrected chi connectivity index (χ3v) is 3.65. The molecular formula is C13H18N4O2. The van der Waals surface area contributed by atoms with Gasteiger partial charge in [0.25, 0.3) is 5.56 Å². The Labute approximate surface area is 111 Å². The van der Waals surface area contributed by atoms with E-state index in [4.69, 9.17) is 0 Å². The Hall–Kier alpha value is -2.03. The molecule has 0 bridgehead atoms. The number of nitrogens with zero attached hydrogens (tertiary/aromatic N) is 4. The van der Waals surface area contributed by atoms with Gasteiger partial charge in [-0.1, -0.05) is 12.8 Å². The molecule has 0 atom stereocenters. The molecule has 0 aliphatic carbocycles. The van der Waals surface area contributed by atoms with E-state index in [1.54, 1.807) is 7.05 Å². The molecule has 0 aromatic carbocycles. The Morgan fingerprint density at radius 1 is 1.00 bits per heavy atom. The smallest absolute Gasteiger partial charge is 0.332 e. The van der Waals surface area contributed by atoms with Crippen LogP contribution in [0.4, 0.5) is 5.82 Å². The molecule has 0 amide bonds. The van der Waals surface area contributed by atoms with Gasteiger partial charge in [0.1, 0.15) is 11.9 Å². The van der Waals surface area contributed by atoms with Gasteiger partial charge in [-0.3, -0.25) is 13.9 Å². The highest BCUT2D eigenvalue weighted by atomic mass is 16.2. The van der Waals surface area contributed by atoms with Crippen LogP contribution in [0.5, 0.6) is 0 Å². The fraction of sp³-hybridized carbons (Fsp3) is 0.615. The molecule has 0 N–H and O–H groups in total. The second-order valence-corrected chi connectivity index (χ2v) is 4.92. The maximum Gasteiger partial charge on any atom is 0.332 e. The molecule has 102 valence electrons. The van der Waals surface area contributed by atoms with Crippen molar-refractivity contribution in [2.75, 3.05) is 18.0 Å². The highest BCUT2D eigenvalue weighted by Gasteiger charge is 2.21. The van der Waals surface area contributed by atoms with Crippen LogP contribution in [-0.4, -0.2) is 22.2 Å². The first-order valence-corrected chi connectivity index (χ1v) is 6.53. The fourth-order valence-corrected chi connectivity index (χ4v) is 2.58. The van der Waals surface area contributed by atoms with Crippen LogP contribution in [0.2, 0.25) is 0 Å². The van der Waals surface area contributed by atoms with Crippen molar-refractivity contribution in [1.29, 1.82) is 5.26 Å². The molecular weight excluding hydrogens is 244 g/mol. The molecule has 1 aliphatic rings. The first kappa shape index (κ1) is 13.4. The molecule has 0 unspecified atom stereocenters. The summed E-state index contributed by atoms with van der Waals surface area (Å²) in [4.78, 5) is 26.0. The molecule has 1 aromatic rings. The molecule has 1 aliphatic heterocycles. The van der Waals surface area contributed by atoms with Crippen LogP contribution >= 0.6 is 0 Å². The van der Waals surface area contributed by atoms with Crippen LogP contribution in [0.25, 0.3) is 0 Å². The quantitative estimate of drug-likeness (QED) is 0.731. The molecule has 6 heteroatoms. The summed E-state index contributed by atoms with van der Waals surface area (Å²) in [6.45, 7) is 1.57. The fourth-order valence-electron chi connectivity index (χ4n) is 2.58. The van der Waals surface area contributed by atoms with Crippen molar-refractivity contribution in [3.63, 3.8) is 0 Å². The zero-order chi connectivity index (χ0) is 14.0. The van der Waals surface area contributed by atoms with Crippen LogP contribution in [0.1, 0.15) is 31.2 Å². The topological polar surface area (TPSA) is 71.0 Å². The van der Waals surface area contributed by atoms with Gasteiger partial charge in [0.05, 0.1) is 0 Å². The van der Waals surface area contributed by atoms with Gasteiger partial charge in [0, 0.05) is 27.2 Å². The minimum Gasteiger partial charge on any atom is -0.357 e. The molecule has 0 spiro atoms. The Bertz CT molecular complexity index is 628. The van der Waals surface area contributed by atoms with Crippen molar-refractivity contribution in [2.45, 2.75) is 25.7 Å². The van der Waals surface area contributed by atoms with Gasteiger partial charge in [-0.2, -0.15) is 5.26 Å². The molecule has 1 aromatic heterocycles. The molecule has 6 nitrogen and oxygen atoms in total. The molecule has 1 fully saturated rings. The minimum absolute atomic E-state index is 0.0616. The van der Waals surface area contributed by atoms with Crippen LogP contribution in [0, 0.1) is 11.3 Å². The SMILES string of the molecule is Cn1c(N2CCCCCC2)c(C#N)c(=O)n(C)c1=O. The second kappa shape index (κ2) is 5.31. The predicted molar refractivity (Wildman–Crippen MR) is 72.3 cm³/mol. The summed E-state index contributed by atoms with van der Waals surface area (Å²) >= 11 is 0. The van der Waals surface area contributed by atoms with E-state index in [2.05, 4.69) is 0 Å². The molecule has 0 saturated carbocycles. The van der Waals surface area contributed by atoms with Gasteiger partial charge in [-0.05, 0) is 12.8 Å². The summed E-state index contributed by atoms with van der Waals surface area (Å²) in [5.41, 5.74) is -0.834. The van der Waals surface area contributed by atoms with E-state index in [0.29, 0.717) is 5.82 Å². The summed E-state index contributed by atoms with van der Waals surface area (Å²) in [7, 11) is 3.01. The Kier molecular flexibility index (Phi) is 3.74. The van der Waals surface area contributed by atoms with Crippen molar-refractivity contribution < 1.29 is 0 Å². The van der Waals surface area contributed by atoms with Crippen molar-refractivity contribution in [1.82, 2.24) is 9.13 Å². The van der Waals surface area contributed by atoms with Crippen molar-refractivity contribution in [2.24, 2.45) is 14.1 Å². The van der Waals surface area contributed by atoms with Gasteiger partial charge >= 0.3 is 5.69 Å². The van der Waals surface area contributed by atoms with Crippen LogP contribution < -0.4 is 16.1 Å². The van der Waals surface area contributed by atoms with E-state index in [-0.39, 0.29) is 11.3 Å². The lowest BCUT2D eigenvalue weighted by atomic mass is 10.2. The lowest BCUT2D eigenvalue weighted by Crippen LogP contribution is -2.42. The Morgan fingerprint density at radius 2 is 1.58 bits per heavy atom. The van der Waals surface area contributed by atoms with Crippen LogP contribution in [0.15, 0.2) is 9.59 Å². The van der Waals surface area contributed by atoms with E-state index in [1.807, 2.05) is 11.0 Å². The average Bonchev–Trinajstić information content (AvgIpc) is 2.69. The van der Waals surface area contributed by atoms with Crippen molar-refractivity contribution in [3.8, 4) is 6.07 Å². The van der Waals surface area contributed by atoms with E-state index in [1.165, 1.54) is 11.6 Å². The largest absolute Gasteiger partial charge is 0.357 e. The number of rotatable bonds is 1. The lowest BCUT2D eigenvalue weighted by molar-refractivity contribution is 0.652. The van der Waals surface area contributed by atoms with Crippen LogP contribution in [0.3, 0.4) is 0 Å². The second-order valence-electron chi connectivity index (χ2n) is 4.92. The number of nitriles is 1. The maximum absolute atomic E-state index is 12.0. The first-order valence-electron chi connectivity index (χ1n) is 6.53. The van der Waals surface area contributed by atoms with Gasteiger partial charge in [-0.15, -0.1) is 0 Å². The maximum atomic E-state index is 12.0. The number of anilines is 1. The van der Waals surface area contributed by atoms with Gasteiger partial charge in [0.15, 0.2) is 5.56 Å². The van der Waals surface area contributed by atoms with Crippen LogP contribution in [-0.2, 0) is 14.1 Å². The Balaban J connectivity index is 2.65. The monoisotopic (exact) mass is 262 g/mol. The third kappa shape index (κ3) is 2.28. The number of hydrogen-bond donors (Lipinski definition) is 0. The number of hydrogen-bond acceptors (Lipinski definition) is 4. The highest BCUT2D eigenvalue weighted by molar-refractivity contribution is 5.53. The summed E-state index contributed by atoms with van der Waals surface area (Å²) in [6.07, 6.45) is 4.34. The van der Waals surface area contributed by atoms with Crippen molar-refractivity contribution in [3.05, 3.63) is 26.4 Å². The molecule has 19 heavy (non-hydrogen) atoms. The zero-order valence-corrected chi connectivity index (χ0v) is 11.3. The van der Waals surface area contributed by atoms with E-state index in [0.717, 1.165) is 43.3 Å². The third-order valence-electron chi connectivity index (χ3n) is 3.65. The van der Waals surface area contributed by atoms with E-state index >= 15 is 0 Å². The first-order chi connectivity index (χ1) is 9.07. The zero-order valence-electron chi connectivity index (χ0n) is 11.3. The molecule has 2 rings (SSSR count). The summed E-state index contributed by atoms with van der Waals surface area (Å²) in [5.74, 6) is 0.470. The van der Waals surface area contributed by atoms with E-state index in [9.17, 15) is 14.9 Å². The average molecular weight is 262 g/mol.